The Kier molecular flexibility index (Phi) is 3.75. The average molecular weight is 253 g/mol. The van der Waals surface area contributed by atoms with Crippen molar-refractivity contribution < 1.29 is 0 Å². The fraction of sp³-hybridized carbons (Fsp3) is 0.417. The molecule has 0 amide bonds. The Hall–Kier alpha value is -0.690. The summed E-state index contributed by atoms with van der Waals surface area (Å²) in [6, 6.07) is 10.2. The number of nitrogens with zero attached hydrogens (tertiary/aromatic N) is 1. The molecule has 84 valence electrons. The molecular formula is C12H13ClN2S. The van der Waals surface area contributed by atoms with Crippen LogP contribution in [0.25, 0.3) is 0 Å². The van der Waals surface area contributed by atoms with Crippen LogP contribution in [-0.4, -0.2) is 17.8 Å². The SMILES string of the molecule is N#CC1(Sc2ccc(Cl)cc2)CCNCC1. The lowest BCUT2D eigenvalue weighted by molar-refractivity contribution is 0.476. The maximum absolute atomic E-state index is 9.33. The van der Waals surface area contributed by atoms with Gasteiger partial charge in [0.15, 0.2) is 0 Å². The highest BCUT2D eigenvalue weighted by molar-refractivity contribution is 8.01. The molecule has 1 saturated heterocycles. The number of hydrogen-bond acceptors (Lipinski definition) is 3. The summed E-state index contributed by atoms with van der Waals surface area (Å²) >= 11 is 7.50. The molecule has 1 fully saturated rings. The monoisotopic (exact) mass is 252 g/mol. The van der Waals surface area contributed by atoms with Crippen molar-refractivity contribution in [3.05, 3.63) is 29.3 Å². The molecule has 0 unspecified atom stereocenters. The molecule has 0 radical (unpaired) electrons. The first-order valence-electron chi connectivity index (χ1n) is 5.31. The van der Waals surface area contributed by atoms with Crippen molar-refractivity contribution in [3.63, 3.8) is 0 Å². The van der Waals surface area contributed by atoms with Crippen LogP contribution in [0.2, 0.25) is 5.02 Å². The predicted molar refractivity (Wildman–Crippen MR) is 67.8 cm³/mol. The van der Waals surface area contributed by atoms with Gasteiger partial charge in [-0.1, -0.05) is 11.6 Å². The Morgan fingerprint density at radius 3 is 2.44 bits per heavy atom. The smallest absolute Gasteiger partial charge is 0.109 e. The fourth-order valence-corrected chi connectivity index (χ4v) is 3.10. The van der Waals surface area contributed by atoms with Crippen LogP contribution < -0.4 is 5.32 Å². The molecule has 0 spiro atoms. The van der Waals surface area contributed by atoms with Gasteiger partial charge >= 0.3 is 0 Å². The summed E-state index contributed by atoms with van der Waals surface area (Å²) in [6.07, 6.45) is 1.80. The minimum absolute atomic E-state index is 0.265. The number of thioether (sulfide) groups is 1. The quantitative estimate of drug-likeness (QED) is 0.879. The van der Waals surface area contributed by atoms with Crippen molar-refractivity contribution in [1.29, 1.82) is 5.26 Å². The number of hydrogen-bond donors (Lipinski definition) is 1. The predicted octanol–water partition coefficient (Wildman–Crippen LogP) is 3.08. The molecular weight excluding hydrogens is 240 g/mol. The number of benzene rings is 1. The molecule has 4 heteroatoms. The first-order valence-corrected chi connectivity index (χ1v) is 6.50. The largest absolute Gasteiger partial charge is 0.317 e. The number of rotatable bonds is 2. The fourth-order valence-electron chi connectivity index (χ4n) is 1.80. The van der Waals surface area contributed by atoms with Gasteiger partial charge in [0.05, 0.1) is 6.07 Å². The molecule has 2 nitrogen and oxygen atoms in total. The Morgan fingerprint density at radius 2 is 1.88 bits per heavy atom. The van der Waals surface area contributed by atoms with Crippen LogP contribution in [0.5, 0.6) is 0 Å². The topological polar surface area (TPSA) is 35.8 Å². The van der Waals surface area contributed by atoms with Crippen LogP contribution in [0.3, 0.4) is 0 Å². The zero-order valence-electron chi connectivity index (χ0n) is 8.87. The van der Waals surface area contributed by atoms with Gasteiger partial charge in [0, 0.05) is 9.92 Å². The standard InChI is InChI=1S/C12H13ClN2S/c13-10-1-3-11(4-2-10)16-12(9-14)5-7-15-8-6-12/h1-4,15H,5-8H2. The zero-order valence-corrected chi connectivity index (χ0v) is 10.4. The molecule has 1 aliphatic rings. The highest BCUT2D eigenvalue weighted by Crippen LogP contribution is 2.39. The molecule has 1 aromatic carbocycles. The van der Waals surface area contributed by atoms with Gasteiger partial charge < -0.3 is 5.32 Å². The molecule has 1 N–H and O–H groups in total. The summed E-state index contributed by atoms with van der Waals surface area (Å²) in [5.41, 5.74) is 0. The third-order valence-electron chi connectivity index (χ3n) is 2.74. The van der Waals surface area contributed by atoms with Gasteiger partial charge in [0.2, 0.25) is 0 Å². The normalized spacial score (nSPS) is 19.0. The second-order valence-corrected chi connectivity index (χ2v) is 5.81. The van der Waals surface area contributed by atoms with Crippen LogP contribution in [0.15, 0.2) is 29.2 Å². The molecule has 0 atom stereocenters. The molecule has 1 heterocycles. The van der Waals surface area contributed by atoms with E-state index >= 15 is 0 Å². The minimum atomic E-state index is -0.265. The molecule has 0 aromatic heterocycles. The summed E-state index contributed by atoms with van der Waals surface area (Å²) in [4.78, 5) is 1.12. The molecule has 1 aromatic rings. The van der Waals surface area contributed by atoms with Gasteiger partial charge in [0.25, 0.3) is 0 Å². The van der Waals surface area contributed by atoms with E-state index in [1.807, 2.05) is 24.3 Å². The van der Waals surface area contributed by atoms with Crippen LogP contribution >= 0.6 is 23.4 Å². The lowest BCUT2D eigenvalue weighted by Crippen LogP contribution is -2.38. The Labute approximate surface area is 105 Å². The first-order chi connectivity index (χ1) is 7.74. The summed E-state index contributed by atoms with van der Waals surface area (Å²) in [7, 11) is 0. The van der Waals surface area contributed by atoms with Crippen molar-refractivity contribution in [3.8, 4) is 6.07 Å². The number of nitriles is 1. The van der Waals surface area contributed by atoms with E-state index < -0.39 is 0 Å². The lowest BCUT2D eigenvalue weighted by atomic mass is 9.99. The minimum Gasteiger partial charge on any atom is -0.317 e. The number of nitrogens with one attached hydrogen (secondary N) is 1. The molecule has 0 bridgehead atoms. The molecule has 0 aliphatic carbocycles. The van der Waals surface area contributed by atoms with Crippen molar-refractivity contribution >= 4 is 23.4 Å². The van der Waals surface area contributed by atoms with E-state index in [-0.39, 0.29) is 4.75 Å². The van der Waals surface area contributed by atoms with E-state index in [1.165, 1.54) is 0 Å². The third-order valence-corrected chi connectivity index (χ3v) is 4.39. The van der Waals surface area contributed by atoms with Gasteiger partial charge in [-0.25, -0.2) is 0 Å². The second-order valence-electron chi connectivity index (χ2n) is 3.91. The lowest BCUT2D eigenvalue weighted by Gasteiger charge is -2.30. The van der Waals surface area contributed by atoms with Gasteiger partial charge in [-0.05, 0) is 50.2 Å². The maximum Gasteiger partial charge on any atom is 0.109 e. The van der Waals surface area contributed by atoms with Gasteiger partial charge in [-0.3, -0.25) is 0 Å². The highest BCUT2D eigenvalue weighted by atomic mass is 35.5. The van der Waals surface area contributed by atoms with Crippen molar-refractivity contribution in [2.24, 2.45) is 0 Å². The summed E-state index contributed by atoms with van der Waals surface area (Å²) in [5, 5.41) is 13.4. The third kappa shape index (κ3) is 2.70. The van der Waals surface area contributed by atoms with Gasteiger partial charge in [-0.2, -0.15) is 5.26 Å². The summed E-state index contributed by atoms with van der Waals surface area (Å²) < 4.78 is -0.265. The summed E-state index contributed by atoms with van der Waals surface area (Å²) in [6.45, 7) is 1.85. The van der Waals surface area contributed by atoms with E-state index in [9.17, 15) is 5.26 Å². The number of halogens is 1. The van der Waals surface area contributed by atoms with Crippen molar-refractivity contribution in [1.82, 2.24) is 5.32 Å². The van der Waals surface area contributed by atoms with E-state index in [0.717, 1.165) is 35.8 Å². The van der Waals surface area contributed by atoms with Gasteiger partial charge in [0.1, 0.15) is 4.75 Å². The Bertz CT molecular complexity index is 390. The Morgan fingerprint density at radius 1 is 1.25 bits per heavy atom. The molecule has 0 saturated carbocycles. The van der Waals surface area contributed by atoms with E-state index in [4.69, 9.17) is 11.6 Å². The van der Waals surface area contributed by atoms with E-state index in [1.54, 1.807) is 11.8 Å². The van der Waals surface area contributed by atoms with Gasteiger partial charge in [-0.15, -0.1) is 11.8 Å². The first kappa shape index (κ1) is 11.8. The van der Waals surface area contributed by atoms with Crippen LogP contribution in [0.1, 0.15) is 12.8 Å². The Balaban J connectivity index is 2.12. The van der Waals surface area contributed by atoms with Crippen LogP contribution in [0.4, 0.5) is 0 Å². The van der Waals surface area contributed by atoms with E-state index in [2.05, 4.69) is 11.4 Å². The summed E-state index contributed by atoms with van der Waals surface area (Å²) in [5.74, 6) is 0. The average Bonchev–Trinajstić information content (AvgIpc) is 2.33. The van der Waals surface area contributed by atoms with E-state index in [0.29, 0.717) is 0 Å². The van der Waals surface area contributed by atoms with Crippen LogP contribution in [0, 0.1) is 11.3 Å². The van der Waals surface area contributed by atoms with Crippen molar-refractivity contribution in [2.45, 2.75) is 22.5 Å². The van der Waals surface area contributed by atoms with Crippen molar-refractivity contribution in [2.75, 3.05) is 13.1 Å². The molecule has 16 heavy (non-hydrogen) atoms. The maximum atomic E-state index is 9.33. The molecule has 2 rings (SSSR count). The zero-order chi connectivity index (χ0) is 11.4. The highest BCUT2D eigenvalue weighted by Gasteiger charge is 2.33. The molecule has 1 aliphatic heterocycles. The van der Waals surface area contributed by atoms with Crippen LogP contribution in [-0.2, 0) is 0 Å². The number of piperidine rings is 1. The second kappa shape index (κ2) is 5.09.